The molecule has 0 spiro atoms. The number of pyridine rings is 1. The molecule has 0 radical (unpaired) electrons. The van der Waals surface area contributed by atoms with Crippen LogP contribution in [-0.4, -0.2) is 30.6 Å². The van der Waals surface area contributed by atoms with Crippen LogP contribution in [0.25, 0.3) is 22.2 Å². The van der Waals surface area contributed by atoms with Crippen LogP contribution in [0.4, 0.5) is 17.6 Å². The summed E-state index contributed by atoms with van der Waals surface area (Å²) in [5, 5.41) is 9.36. The number of thioether (sulfide) groups is 1. The van der Waals surface area contributed by atoms with Crippen molar-refractivity contribution in [1.29, 1.82) is 0 Å². The number of halogens is 4. The van der Waals surface area contributed by atoms with E-state index in [1.54, 1.807) is 18.5 Å². The lowest BCUT2D eigenvalue weighted by Gasteiger charge is -2.07. The molecule has 0 bridgehead atoms. The summed E-state index contributed by atoms with van der Waals surface area (Å²) < 4.78 is 54.4. The van der Waals surface area contributed by atoms with Crippen molar-refractivity contribution in [1.82, 2.24) is 19.5 Å². The van der Waals surface area contributed by atoms with Crippen LogP contribution >= 0.6 is 11.8 Å². The number of nitrogens with zero attached hydrogens (tertiary/aromatic N) is 4. The molecule has 0 atom stereocenters. The van der Waals surface area contributed by atoms with E-state index in [-0.39, 0.29) is 5.56 Å². The number of carboxylic acids is 1. The first-order valence-corrected chi connectivity index (χ1v) is 11.2. The third-order valence-corrected chi connectivity index (χ3v) is 6.05. The van der Waals surface area contributed by atoms with Gasteiger partial charge in [-0.3, -0.25) is 9.78 Å². The molecule has 0 aliphatic heterocycles. The van der Waals surface area contributed by atoms with E-state index < -0.39 is 30.1 Å². The molecule has 176 valence electrons. The van der Waals surface area contributed by atoms with Crippen LogP contribution in [0.1, 0.15) is 23.7 Å². The number of benzene rings is 1. The zero-order chi connectivity index (χ0) is 24.5. The number of carboxylic acid groups (broad SMARTS) is 1. The Balaban J connectivity index is 1.63. The number of aryl methyl sites for hydroxylation is 1. The molecule has 0 fully saturated rings. The number of carbonyl (C=O) groups is 1. The van der Waals surface area contributed by atoms with Crippen molar-refractivity contribution in [2.45, 2.75) is 37.0 Å². The molecule has 3 aromatic heterocycles. The first-order chi connectivity index (χ1) is 16.2. The maximum Gasteiger partial charge on any atom is 0.433 e. The maximum atomic E-state index is 13.8. The average molecular weight is 490 g/mol. The topological polar surface area (TPSA) is 80.9 Å². The number of aliphatic carboxylic acids is 1. The van der Waals surface area contributed by atoms with Crippen LogP contribution in [0.15, 0.2) is 54.1 Å². The SMILES string of the molecule is CCn1cc(-c2ccc(C(F)(F)F)nc2)c2nc(SCc3ccc(F)c(CC(=O)O)c3)ncc21. The molecule has 1 N–H and O–H groups in total. The number of rotatable bonds is 7. The average Bonchev–Trinajstić information content (AvgIpc) is 3.17. The van der Waals surface area contributed by atoms with Crippen LogP contribution in [-0.2, 0) is 29.7 Å². The minimum Gasteiger partial charge on any atom is -0.481 e. The maximum absolute atomic E-state index is 13.8. The lowest BCUT2D eigenvalue weighted by Crippen LogP contribution is -2.07. The molecule has 1 aromatic carbocycles. The lowest BCUT2D eigenvalue weighted by molar-refractivity contribution is -0.141. The van der Waals surface area contributed by atoms with Crippen molar-refractivity contribution in [3.63, 3.8) is 0 Å². The second-order valence-electron chi connectivity index (χ2n) is 7.43. The molecule has 0 amide bonds. The molecule has 11 heteroatoms. The fourth-order valence-corrected chi connectivity index (χ4v) is 4.24. The van der Waals surface area contributed by atoms with Crippen molar-refractivity contribution in [2.24, 2.45) is 0 Å². The van der Waals surface area contributed by atoms with Crippen LogP contribution in [0.5, 0.6) is 0 Å². The standard InChI is InChI=1S/C23H18F4N4O2S/c1-2-31-11-16(14-4-6-19(28-9-14)23(25,26)27)21-18(31)10-29-22(30-21)34-12-13-3-5-17(24)15(7-13)8-20(32)33/h3-7,9-11H,2,8,12H2,1H3,(H,32,33). The van der Waals surface area contributed by atoms with Crippen LogP contribution in [0, 0.1) is 5.82 Å². The minimum absolute atomic E-state index is 0.0964. The third kappa shape index (κ3) is 5.04. The van der Waals surface area contributed by atoms with Crippen molar-refractivity contribution in [3.8, 4) is 11.1 Å². The van der Waals surface area contributed by atoms with Crippen LogP contribution in [0.3, 0.4) is 0 Å². The second-order valence-corrected chi connectivity index (χ2v) is 8.37. The van der Waals surface area contributed by atoms with Gasteiger partial charge < -0.3 is 9.67 Å². The van der Waals surface area contributed by atoms with E-state index in [1.807, 2.05) is 11.5 Å². The molecule has 4 aromatic rings. The highest BCUT2D eigenvalue weighted by Crippen LogP contribution is 2.33. The molecule has 3 heterocycles. The summed E-state index contributed by atoms with van der Waals surface area (Å²) in [7, 11) is 0. The van der Waals surface area contributed by atoms with Crippen LogP contribution in [0.2, 0.25) is 0 Å². The van der Waals surface area contributed by atoms with E-state index >= 15 is 0 Å². The Kier molecular flexibility index (Phi) is 6.56. The summed E-state index contributed by atoms with van der Waals surface area (Å²) in [6.45, 7) is 2.54. The van der Waals surface area contributed by atoms with E-state index in [1.165, 1.54) is 36.2 Å². The largest absolute Gasteiger partial charge is 0.481 e. The third-order valence-electron chi connectivity index (χ3n) is 5.12. The van der Waals surface area contributed by atoms with Gasteiger partial charge in [0.05, 0.1) is 18.1 Å². The van der Waals surface area contributed by atoms with Crippen LogP contribution < -0.4 is 0 Å². The Morgan fingerprint density at radius 3 is 2.59 bits per heavy atom. The zero-order valence-corrected chi connectivity index (χ0v) is 18.6. The van der Waals surface area contributed by atoms with Crippen molar-refractivity contribution < 1.29 is 27.5 Å². The van der Waals surface area contributed by atoms with Gasteiger partial charge >= 0.3 is 12.1 Å². The summed E-state index contributed by atoms with van der Waals surface area (Å²) in [4.78, 5) is 23.5. The summed E-state index contributed by atoms with van der Waals surface area (Å²) in [6.07, 6.45) is -0.310. The highest BCUT2D eigenvalue weighted by molar-refractivity contribution is 7.98. The highest BCUT2D eigenvalue weighted by Gasteiger charge is 2.32. The molecule has 0 saturated heterocycles. The molecule has 0 unspecified atom stereocenters. The smallest absolute Gasteiger partial charge is 0.433 e. The molecule has 0 aliphatic rings. The Morgan fingerprint density at radius 1 is 1.15 bits per heavy atom. The van der Waals surface area contributed by atoms with Gasteiger partial charge in [-0.05, 0) is 30.2 Å². The quantitative estimate of drug-likeness (QED) is 0.207. The summed E-state index contributed by atoms with van der Waals surface area (Å²) in [6, 6.07) is 6.60. The van der Waals surface area contributed by atoms with Gasteiger partial charge in [-0.1, -0.05) is 30.0 Å². The van der Waals surface area contributed by atoms with E-state index in [0.29, 0.717) is 39.7 Å². The lowest BCUT2D eigenvalue weighted by atomic mass is 10.1. The number of aromatic nitrogens is 4. The Bertz CT molecular complexity index is 1350. The Morgan fingerprint density at radius 2 is 1.94 bits per heavy atom. The van der Waals surface area contributed by atoms with E-state index in [4.69, 9.17) is 5.11 Å². The predicted molar refractivity (Wildman–Crippen MR) is 119 cm³/mol. The predicted octanol–water partition coefficient (Wildman–Crippen LogP) is 5.59. The van der Waals surface area contributed by atoms with Gasteiger partial charge in [-0.2, -0.15) is 13.2 Å². The first-order valence-electron chi connectivity index (χ1n) is 10.2. The number of hydrogen-bond donors (Lipinski definition) is 1. The molecule has 0 aliphatic carbocycles. The van der Waals surface area contributed by atoms with E-state index in [0.717, 1.165) is 11.6 Å². The van der Waals surface area contributed by atoms with Crippen molar-refractivity contribution in [2.75, 3.05) is 0 Å². The summed E-state index contributed by atoms with van der Waals surface area (Å²) in [5.41, 5.74) is 2.27. The van der Waals surface area contributed by atoms with Gasteiger partial charge in [0.1, 0.15) is 17.0 Å². The van der Waals surface area contributed by atoms with Gasteiger partial charge in [0.25, 0.3) is 0 Å². The Labute approximate surface area is 195 Å². The van der Waals surface area contributed by atoms with Crippen molar-refractivity contribution in [3.05, 3.63) is 71.6 Å². The van der Waals surface area contributed by atoms with E-state index in [2.05, 4.69) is 15.0 Å². The normalized spacial score (nSPS) is 11.8. The minimum atomic E-state index is -4.52. The first kappa shape index (κ1) is 23.7. The molecule has 34 heavy (non-hydrogen) atoms. The van der Waals surface area contributed by atoms with Gasteiger partial charge in [-0.15, -0.1) is 0 Å². The van der Waals surface area contributed by atoms with Gasteiger partial charge in [0.15, 0.2) is 5.16 Å². The van der Waals surface area contributed by atoms with Crippen molar-refractivity contribution >= 4 is 28.8 Å². The monoisotopic (exact) mass is 490 g/mol. The summed E-state index contributed by atoms with van der Waals surface area (Å²) in [5.74, 6) is -1.32. The highest BCUT2D eigenvalue weighted by atomic mass is 32.2. The molecule has 6 nitrogen and oxygen atoms in total. The molecular formula is C23H18F4N4O2S. The van der Waals surface area contributed by atoms with Gasteiger partial charge in [-0.25, -0.2) is 14.4 Å². The van der Waals surface area contributed by atoms with E-state index in [9.17, 15) is 22.4 Å². The number of alkyl halides is 3. The molecular weight excluding hydrogens is 472 g/mol. The zero-order valence-electron chi connectivity index (χ0n) is 17.8. The summed E-state index contributed by atoms with van der Waals surface area (Å²) >= 11 is 1.28. The number of fused-ring (bicyclic) bond motifs is 1. The Hall–Kier alpha value is -3.47. The molecule has 4 rings (SSSR count). The fourth-order valence-electron chi connectivity index (χ4n) is 3.48. The van der Waals surface area contributed by atoms with Gasteiger partial charge in [0.2, 0.25) is 0 Å². The van der Waals surface area contributed by atoms with Gasteiger partial charge in [0, 0.05) is 35.8 Å². The molecule has 0 saturated carbocycles. The number of hydrogen-bond acceptors (Lipinski definition) is 5. The fraction of sp³-hybridized carbons (Fsp3) is 0.217. The second kappa shape index (κ2) is 9.41.